The number of halogens is 1. The first-order valence-electron chi connectivity index (χ1n) is 10.8. The van der Waals surface area contributed by atoms with Crippen LogP contribution in [0.25, 0.3) is 22.2 Å². The van der Waals surface area contributed by atoms with Gasteiger partial charge < -0.3 is 15.6 Å². The average Bonchev–Trinajstić information content (AvgIpc) is 3.19. The smallest absolute Gasteiger partial charge is 0.272 e. The number of hydrogen-bond donors (Lipinski definition) is 2. The number of aromatic amines is 1. The van der Waals surface area contributed by atoms with E-state index in [0.717, 1.165) is 31.6 Å². The summed E-state index contributed by atoms with van der Waals surface area (Å²) in [7, 11) is 3.27. The van der Waals surface area contributed by atoms with Gasteiger partial charge in [0.05, 0.1) is 11.6 Å². The summed E-state index contributed by atoms with van der Waals surface area (Å²) in [6.07, 6.45) is 5.93. The van der Waals surface area contributed by atoms with Gasteiger partial charge in [0.25, 0.3) is 5.91 Å². The molecule has 3 aromatic rings. The quantitative estimate of drug-likeness (QED) is 0.659. The Kier molecular flexibility index (Phi) is 5.75. The van der Waals surface area contributed by atoms with Crippen LogP contribution in [-0.2, 0) is 0 Å². The number of imidazole rings is 1. The number of rotatable bonds is 4. The first-order valence-corrected chi connectivity index (χ1v) is 10.8. The Labute approximate surface area is 181 Å². The highest BCUT2D eigenvalue weighted by molar-refractivity contribution is 5.99. The molecule has 1 saturated carbocycles. The van der Waals surface area contributed by atoms with Gasteiger partial charge in [-0.3, -0.25) is 4.79 Å². The van der Waals surface area contributed by atoms with Crippen molar-refractivity contribution >= 4 is 16.9 Å². The van der Waals surface area contributed by atoms with E-state index in [9.17, 15) is 4.79 Å². The highest BCUT2D eigenvalue weighted by Gasteiger charge is 2.28. The highest BCUT2D eigenvalue weighted by Crippen LogP contribution is 2.36. The van der Waals surface area contributed by atoms with Gasteiger partial charge in [-0.25, -0.2) is 19.3 Å². The Morgan fingerprint density at radius 1 is 1.19 bits per heavy atom. The summed E-state index contributed by atoms with van der Waals surface area (Å²) in [6, 6.07) is 3.15. The maximum absolute atomic E-state index is 15.6. The van der Waals surface area contributed by atoms with Crippen LogP contribution < -0.4 is 5.73 Å². The van der Waals surface area contributed by atoms with Gasteiger partial charge >= 0.3 is 0 Å². The second kappa shape index (κ2) is 8.34. The minimum absolute atomic E-state index is 0.166. The zero-order valence-electron chi connectivity index (χ0n) is 18.4. The number of H-pyrrole nitrogens is 1. The number of carbonyl (C=O) groups excluding carboxylic acids is 1. The van der Waals surface area contributed by atoms with Gasteiger partial charge in [-0.05, 0) is 43.7 Å². The molecule has 2 heterocycles. The van der Waals surface area contributed by atoms with Crippen LogP contribution >= 0.6 is 0 Å². The molecule has 31 heavy (non-hydrogen) atoms. The third-order valence-corrected chi connectivity index (χ3v) is 6.30. The van der Waals surface area contributed by atoms with Gasteiger partial charge in [0.1, 0.15) is 22.9 Å². The Hall–Kier alpha value is -2.87. The molecular weight excluding hydrogens is 395 g/mol. The SMILES string of the molecule is Cc1ncc(-c2ccc3[nH]c(C(N)C4CCC(C)CC4)nc3c2F)c(C(=O)N(C)C)n1. The molecule has 0 radical (unpaired) electrons. The standard InChI is InChI=1S/C23H29FN6O/c1-12-5-7-14(8-6-12)19(25)22-28-17-10-9-15(18(24)21(17)29-22)16-11-26-13(2)27-20(16)23(31)30(3)4/h9-12,14,19H,5-8,25H2,1-4H3,(H,28,29). The van der Waals surface area contributed by atoms with Gasteiger partial charge in [0.15, 0.2) is 5.82 Å². The lowest BCUT2D eigenvalue weighted by Gasteiger charge is -2.29. The number of carbonyl (C=O) groups is 1. The number of benzene rings is 1. The van der Waals surface area contributed by atoms with E-state index in [1.165, 1.54) is 11.1 Å². The largest absolute Gasteiger partial charge is 0.343 e. The van der Waals surface area contributed by atoms with Crippen LogP contribution in [0.5, 0.6) is 0 Å². The number of nitrogens with zero attached hydrogens (tertiary/aromatic N) is 4. The van der Waals surface area contributed by atoms with E-state index in [2.05, 4.69) is 26.9 Å². The molecule has 0 aliphatic heterocycles. The first-order chi connectivity index (χ1) is 14.8. The fraction of sp³-hybridized carbons (Fsp3) is 0.478. The van der Waals surface area contributed by atoms with E-state index in [4.69, 9.17) is 5.73 Å². The van der Waals surface area contributed by atoms with Crippen molar-refractivity contribution in [1.82, 2.24) is 24.8 Å². The molecule has 1 unspecified atom stereocenters. The van der Waals surface area contributed by atoms with Crippen molar-refractivity contribution in [1.29, 1.82) is 0 Å². The summed E-state index contributed by atoms with van der Waals surface area (Å²) < 4.78 is 15.6. The number of aryl methyl sites for hydroxylation is 1. The molecular formula is C23H29FN6O. The molecule has 164 valence electrons. The van der Waals surface area contributed by atoms with Gasteiger partial charge in [0, 0.05) is 31.4 Å². The maximum Gasteiger partial charge on any atom is 0.272 e. The number of hydrogen-bond acceptors (Lipinski definition) is 5. The summed E-state index contributed by atoms with van der Waals surface area (Å²) in [5, 5.41) is 0. The Bertz CT molecular complexity index is 1120. The van der Waals surface area contributed by atoms with Crippen molar-refractivity contribution in [2.24, 2.45) is 17.6 Å². The fourth-order valence-electron chi connectivity index (χ4n) is 4.34. The minimum Gasteiger partial charge on any atom is -0.343 e. The number of nitrogens with one attached hydrogen (secondary N) is 1. The second-order valence-electron chi connectivity index (χ2n) is 8.87. The van der Waals surface area contributed by atoms with Crippen LogP contribution in [0.3, 0.4) is 0 Å². The lowest BCUT2D eigenvalue weighted by Crippen LogP contribution is -2.26. The van der Waals surface area contributed by atoms with E-state index in [1.54, 1.807) is 33.2 Å². The Morgan fingerprint density at radius 2 is 1.90 bits per heavy atom. The van der Waals surface area contributed by atoms with Gasteiger partial charge in [0.2, 0.25) is 0 Å². The maximum atomic E-state index is 15.6. The molecule has 4 rings (SSSR count). The summed E-state index contributed by atoms with van der Waals surface area (Å²) in [5.74, 6) is 1.31. The molecule has 0 saturated heterocycles. The summed E-state index contributed by atoms with van der Waals surface area (Å²) in [4.78, 5) is 30.2. The van der Waals surface area contributed by atoms with Crippen LogP contribution in [0.4, 0.5) is 4.39 Å². The number of amides is 1. The van der Waals surface area contributed by atoms with Gasteiger partial charge in [-0.15, -0.1) is 0 Å². The molecule has 1 aliphatic rings. The topological polar surface area (TPSA) is 101 Å². The molecule has 0 spiro atoms. The normalized spacial score (nSPS) is 20.1. The molecule has 0 bridgehead atoms. The average molecular weight is 425 g/mol. The van der Waals surface area contributed by atoms with E-state index >= 15 is 4.39 Å². The molecule has 1 atom stereocenters. The number of aromatic nitrogens is 4. The van der Waals surface area contributed by atoms with Crippen molar-refractivity contribution in [3.8, 4) is 11.1 Å². The van der Waals surface area contributed by atoms with Crippen molar-refractivity contribution in [3.63, 3.8) is 0 Å². The summed E-state index contributed by atoms with van der Waals surface area (Å²) >= 11 is 0. The number of fused-ring (bicyclic) bond motifs is 1. The molecule has 3 N–H and O–H groups in total. The fourth-order valence-corrected chi connectivity index (χ4v) is 4.34. The third-order valence-electron chi connectivity index (χ3n) is 6.30. The van der Waals surface area contributed by atoms with E-state index < -0.39 is 5.82 Å². The van der Waals surface area contributed by atoms with Crippen LogP contribution in [0.2, 0.25) is 0 Å². The minimum atomic E-state index is -0.510. The van der Waals surface area contributed by atoms with Crippen LogP contribution in [0.1, 0.15) is 60.8 Å². The molecule has 1 amide bonds. The zero-order chi connectivity index (χ0) is 22.3. The molecule has 1 aromatic carbocycles. The molecule has 1 fully saturated rings. The first kappa shape index (κ1) is 21.4. The summed E-state index contributed by atoms with van der Waals surface area (Å²) in [6.45, 7) is 3.97. The van der Waals surface area contributed by atoms with E-state index in [-0.39, 0.29) is 28.7 Å². The second-order valence-corrected chi connectivity index (χ2v) is 8.87. The van der Waals surface area contributed by atoms with E-state index in [1.807, 2.05) is 0 Å². The highest BCUT2D eigenvalue weighted by atomic mass is 19.1. The Morgan fingerprint density at radius 3 is 2.58 bits per heavy atom. The molecule has 1 aliphatic carbocycles. The lowest BCUT2D eigenvalue weighted by molar-refractivity contribution is 0.0822. The van der Waals surface area contributed by atoms with Crippen molar-refractivity contribution in [2.45, 2.75) is 45.6 Å². The predicted molar refractivity (Wildman–Crippen MR) is 118 cm³/mol. The Balaban J connectivity index is 1.74. The van der Waals surface area contributed by atoms with Crippen LogP contribution in [-0.4, -0.2) is 44.8 Å². The third kappa shape index (κ3) is 4.04. The van der Waals surface area contributed by atoms with Crippen molar-refractivity contribution < 1.29 is 9.18 Å². The van der Waals surface area contributed by atoms with Crippen LogP contribution in [0.15, 0.2) is 18.3 Å². The zero-order valence-corrected chi connectivity index (χ0v) is 18.4. The molecule has 7 nitrogen and oxygen atoms in total. The van der Waals surface area contributed by atoms with E-state index in [0.29, 0.717) is 28.6 Å². The lowest BCUT2D eigenvalue weighted by atomic mass is 9.79. The predicted octanol–water partition coefficient (Wildman–Crippen LogP) is 4.00. The van der Waals surface area contributed by atoms with Gasteiger partial charge in [-0.2, -0.15) is 0 Å². The summed E-state index contributed by atoms with van der Waals surface area (Å²) in [5.41, 5.74) is 8.07. The van der Waals surface area contributed by atoms with Crippen molar-refractivity contribution in [3.05, 3.63) is 41.5 Å². The molecule has 8 heteroatoms. The van der Waals surface area contributed by atoms with Crippen molar-refractivity contribution in [2.75, 3.05) is 14.1 Å². The number of nitrogens with two attached hydrogens (primary N) is 1. The van der Waals surface area contributed by atoms with Gasteiger partial charge in [-0.1, -0.05) is 19.8 Å². The monoisotopic (exact) mass is 424 g/mol. The van der Waals surface area contributed by atoms with Crippen LogP contribution in [0, 0.1) is 24.6 Å². The molecule has 2 aromatic heterocycles.